The Balaban J connectivity index is 1.49. The highest BCUT2D eigenvalue weighted by Crippen LogP contribution is 2.49. The normalized spacial score (nSPS) is 27.6. The second kappa shape index (κ2) is 10.2. The Labute approximate surface area is 210 Å². The van der Waals surface area contributed by atoms with Gasteiger partial charge in [0.15, 0.2) is 5.78 Å². The Morgan fingerprint density at radius 2 is 1.74 bits per heavy atom. The molecule has 0 unspecified atom stereocenters. The van der Waals surface area contributed by atoms with E-state index in [1.165, 1.54) is 31.1 Å². The van der Waals surface area contributed by atoms with Gasteiger partial charge < -0.3 is 9.80 Å². The minimum Gasteiger partial charge on any atom is -0.317 e. The standard InChI is InChI=1S/C27H41N3O4S/c1-28(2)27(23-11-5-4-6-12-23)16-14-26(15-17-27)21-29(20-24(31)13-8-18-35(3,33)34)25(32)30(26)19-22-9-7-10-22/h4-6,11-12,22H,7-10,13-21H2,1-3H3. The molecule has 1 heterocycles. The molecule has 0 radical (unpaired) electrons. The minimum absolute atomic E-state index is 0.00886. The molecule has 2 aliphatic carbocycles. The van der Waals surface area contributed by atoms with Crippen LogP contribution in [-0.4, -0.2) is 86.2 Å². The average molecular weight is 504 g/mol. The summed E-state index contributed by atoms with van der Waals surface area (Å²) in [6, 6.07) is 10.7. The molecular formula is C27H41N3O4S. The van der Waals surface area contributed by atoms with Crippen molar-refractivity contribution in [3.8, 4) is 0 Å². The molecule has 1 aliphatic heterocycles. The van der Waals surface area contributed by atoms with Crippen molar-refractivity contribution in [1.29, 1.82) is 0 Å². The van der Waals surface area contributed by atoms with E-state index in [4.69, 9.17) is 0 Å². The van der Waals surface area contributed by atoms with Crippen LogP contribution in [0.4, 0.5) is 4.79 Å². The molecule has 0 bridgehead atoms. The summed E-state index contributed by atoms with van der Waals surface area (Å²) in [6.45, 7) is 1.47. The number of carbonyl (C=O) groups excluding carboxylic acids is 2. The van der Waals surface area contributed by atoms with E-state index in [0.717, 1.165) is 32.2 Å². The molecule has 0 aromatic heterocycles. The molecule has 2 saturated carbocycles. The van der Waals surface area contributed by atoms with E-state index in [2.05, 4.69) is 54.2 Å². The van der Waals surface area contributed by atoms with E-state index in [9.17, 15) is 18.0 Å². The van der Waals surface area contributed by atoms with Gasteiger partial charge in [0.2, 0.25) is 0 Å². The van der Waals surface area contributed by atoms with Crippen LogP contribution in [0.2, 0.25) is 0 Å². The third kappa shape index (κ3) is 5.58. The Bertz CT molecular complexity index is 1010. The fraction of sp³-hybridized carbons (Fsp3) is 0.704. The highest BCUT2D eigenvalue weighted by molar-refractivity contribution is 7.90. The molecule has 7 nitrogen and oxygen atoms in total. The van der Waals surface area contributed by atoms with Crippen LogP contribution in [0.15, 0.2) is 30.3 Å². The van der Waals surface area contributed by atoms with E-state index in [1.54, 1.807) is 4.90 Å². The summed E-state index contributed by atoms with van der Waals surface area (Å²) in [4.78, 5) is 32.4. The fourth-order valence-corrected chi connectivity index (χ4v) is 7.00. The van der Waals surface area contributed by atoms with E-state index in [-0.39, 0.29) is 41.6 Å². The van der Waals surface area contributed by atoms with Crippen molar-refractivity contribution in [2.75, 3.05) is 45.7 Å². The van der Waals surface area contributed by atoms with Gasteiger partial charge in [-0.2, -0.15) is 0 Å². The first-order valence-electron chi connectivity index (χ1n) is 13.0. The molecule has 0 atom stereocenters. The Morgan fingerprint density at radius 3 is 2.29 bits per heavy atom. The minimum atomic E-state index is -3.08. The molecule has 2 amide bonds. The number of Topliss-reactive ketones (excluding diaryl/α,β-unsaturated/α-hetero) is 1. The number of amides is 2. The number of urea groups is 1. The second-order valence-electron chi connectivity index (χ2n) is 11.3. The lowest BCUT2D eigenvalue weighted by molar-refractivity contribution is -0.119. The van der Waals surface area contributed by atoms with Gasteiger partial charge in [0.25, 0.3) is 0 Å². The van der Waals surface area contributed by atoms with Gasteiger partial charge in [0.05, 0.1) is 17.8 Å². The maximum Gasteiger partial charge on any atom is 0.321 e. The van der Waals surface area contributed by atoms with Gasteiger partial charge in [-0.25, -0.2) is 13.2 Å². The second-order valence-corrected chi connectivity index (χ2v) is 13.6. The summed E-state index contributed by atoms with van der Waals surface area (Å²) in [6.07, 6.45) is 9.06. The van der Waals surface area contributed by atoms with Gasteiger partial charge in [0, 0.05) is 31.3 Å². The highest BCUT2D eigenvalue weighted by atomic mass is 32.2. The summed E-state index contributed by atoms with van der Waals surface area (Å²) in [7, 11) is 1.22. The van der Waals surface area contributed by atoms with Crippen LogP contribution in [-0.2, 0) is 20.2 Å². The van der Waals surface area contributed by atoms with Crippen LogP contribution < -0.4 is 0 Å². The van der Waals surface area contributed by atoms with Crippen LogP contribution in [0, 0.1) is 5.92 Å². The molecule has 4 rings (SSSR count). The van der Waals surface area contributed by atoms with Gasteiger partial charge in [-0.05, 0) is 70.5 Å². The van der Waals surface area contributed by atoms with Crippen molar-refractivity contribution in [1.82, 2.24) is 14.7 Å². The lowest BCUT2D eigenvalue weighted by atomic mass is 9.68. The van der Waals surface area contributed by atoms with E-state index < -0.39 is 9.84 Å². The number of nitrogens with zero attached hydrogens (tertiary/aromatic N) is 3. The number of rotatable bonds is 10. The zero-order valence-electron chi connectivity index (χ0n) is 21.5. The number of sulfone groups is 1. The number of carbonyl (C=O) groups is 2. The molecule has 1 aromatic carbocycles. The van der Waals surface area contributed by atoms with Gasteiger partial charge >= 0.3 is 6.03 Å². The van der Waals surface area contributed by atoms with Crippen molar-refractivity contribution in [3.05, 3.63) is 35.9 Å². The lowest BCUT2D eigenvalue weighted by Crippen LogP contribution is -2.56. The Hall–Kier alpha value is -1.93. The van der Waals surface area contributed by atoms with E-state index in [1.807, 2.05) is 0 Å². The van der Waals surface area contributed by atoms with E-state index in [0.29, 0.717) is 18.9 Å². The molecular weight excluding hydrogens is 462 g/mol. The van der Waals surface area contributed by atoms with Crippen molar-refractivity contribution in [3.63, 3.8) is 0 Å². The van der Waals surface area contributed by atoms with Crippen LogP contribution >= 0.6 is 0 Å². The molecule has 3 fully saturated rings. The lowest BCUT2D eigenvalue weighted by Gasteiger charge is -2.51. The molecule has 194 valence electrons. The maximum absolute atomic E-state index is 13.6. The topological polar surface area (TPSA) is 78.0 Å². The third-order valence-corrected chi connectivity index (χ3v) is 9.77. The number of ketones is 1. The van der Waals surface area contributed by atoms with Crippen molar-refractivity contribution < 1.29 is 18.0 Å². The summed E-state index contributed by atoms with van der Waals surface area (Å²) < 4.78 is 22.8. The molecule has 35 heavy (non-hydrogen) atoms. The first-order chi connectivity index (χ1) is 16.5. The SMILES string of the molecule is CN(C)C1(c2ccccc2)CCC2(CC1)CN(CC(=O)CCCS(C)(=O)=O)C(=O)N2CC1CCC1. The first kappa shape index (κ1) is 26.1. The van der Waals surface area contributed by atoms with Crippen molar-refractivity contribution in [2.24, 2.45) is 5.92 Å². The quantitative estimate of drug-likeness (QED) is 0.487. The highest BCUT2D eigenvalue weighted by Gasteiger charge is 2.55. The largest absolute Gasteiger partial charge is 0.321 e. The van der Waals surface area contributed by atoms with Gasteiger partial charge in [-0.3, -0.25) is 9.69 Å². The smallest absolute Gasteiger partial charge is 0.317 e. The molecule has 1 aromatic rings. The summed E-state index contributed by atoms with van der Waals surface area (Å²) in [5.41, 5.74) is 1.05. The van der Waals surface area contributed by atoms with Crippen LogP contribution in [0.5, 0.6) is 0 Å². The van der Waals surface area contributed by atoms with E-state index >= 15 is 0 Å². The van der Waals surface area contributed by atoms with Crippen LogP contribution in [0.3, 0.4) is 0 Å². The molecule has 0 N–H and O–H groups in total. The maximum atomic E-state index is 13.6. The average Bonchev–Trinajstić information content (AvgIpc) is 3.01. The zero-order valence-corrected chi connectivity index (χ0v) is 22.4. The summed E-state index contributed by atoms with van der Waals surface area (Å²) >= 11 is 0. The first-order valence-corrected chi connectivity index (χ1v) is 15.1. The predicted molar refractivity (Wildman–Crippen MR) is 138 cm³/mol. The predicted octanol–water partition coefficient (Wildman–Crippen LogP) is 3.69. The summed E-state index contributed by atoms with van der Waals surface area (Å²) in [5.74, 6) is 0.526. The number of hydrogen-bond acceptors (Lipinski definition) is 5. The molecule has 3 aliphatic rings. The van der Waals surface area contributed by atoms with Gasteiger partial charge in [-0.15, -0.1) is 0 Å². The van der Waals surface area contributed by atoms with Gasteiger partial charge in [0.1, 0.15) is 9.84 Å². The van der Waals surface area contributed by atoms with Gasteiger partial charge in [-0.1, -0.05) is 36.8 Å². The summed E-state index contributed by atoms with van der Waals surface area (Å²) in [5, 5.41) is 0. The monoisotopic (exact) mass is 503 g/mol. The van der Waals surface area contributed by atoms with Crippen LogP contribution in [0.25, 0.3) is 0 Å². The Kier molecular flexibility index (Phi) is 7.62. The van der Waals surface area contributed by atoms with Crippen molar-refractivity contribution >= 4 is 21.7 Å². The Morgan fingerprint density at radius 1 is 1.09 bits per heavy atom. The van der Waals surface area contributed by atoms with Crippen molar-refractivity contribution in [2.45, 2.75) is 68.9 Å². The third-order valence-electron chi connectivity index (χ3n) is 8.74. The molecule has 1 saturated heterocycles. The molecule has 1 spiro atoms. The zero-order chi connectivity index (χ0) is 25.3. The van der Waals surface area contributed by atoms with Crippen LogP contribution in [0.1, 0.15) is 63.4 Å². The fourth-order valence-electron chi connectivity index (χ4n) is 6.33. The number of hydrogen-bond donors (Lipinski definition) is 0. The molecule has 8 heteroatoms. The number of benzene rings is 1.